The number of aromatic nitrogens is 4. The summed E-state index contributed by atoms with van der Waals surface area (Å²) in [6.45, 7) is 1.25. The molecule has 0 aliphatic carbocycles. The van der Waals surface area contributed by atoms with Crippen LogP contribution < -0.4 is 14.2 Å². The van der Waals surface area contributed by atoms with Gasteiger partial charge in [-0.05, 0) is 54.8 Å². The van der Waals surface area contributed by atoms with Crippen molar-refractivity contribution in [3.63, 3.8) is 0 Å². The van der Waals surface area contributed by atoms with Gasteiger partial charge in [0.1, 0.15) is 11.5 Å². The van der Waals surface area contributed by atoms with E-state index in [1.807, 2.05) is 36.4 Å². The summed E-state index contributed by atoms with van der Waals surface area (Å²) in [6, 6.07) is 12.7. The first-order chi connectivity index (χ1) is 17.1. The average Bonchev–Trinajstić information content (AvgIpc) is 3.30. The molecule has 3 aromatic heterocycles. The zero-order chi connectivity index (χ0) is 24.2. The fourth-order valence-electron chi connectivity index (χ4n) is 4.27. The summed E-state index contributed by atoms with van der Waals surface area (Å²) in [5.74, 6) is 1.15. The molecule has 1 aliphatic heterocycles. The van der Waals surface area contributed by atoms with Crippen LogP contribution in [0.15, 0.2) is 54.9 Å². The van der Waals surface area contributed by atoms with Gasteiger partial charge in [-0.2, -0.15) is 5.10 Å². The van der Waals surface area contributed by atoms with E-state index in [0.717, 1.165) is 58.8 Å². The van der Waals surface area contributed by atoms with Gasteiger partial charge in [-0.15, -0.1) is 0 Å². The first-order valence-corrected chi connectivity index (χ1v) is 11.5. The lowest BCUT2D eigenvalue weighted by Crippen LogP contribution is -2.16. The Hall–Kier alpha value is -4.14. The lowest BCUT2D eigenvalue weighted by atomic mass is 10.1. The Bertz CT molecular complexity index is 1340. The topological polar surface area (TPSA) is 109 Å². The van der Waals surface area contributed by atoms with Crippen LogP contribution in [0.1, 0.15) is 35.8 Å². The number of aryl methyl sites for hydroxylation is 1. The maximum Gasteiger partial charge on any atom is 0.305 e. The predicted octanol–water partition coefficient (Wildman–Crippen LogP) is 3.85. The number of ether oxygens (including phenoxy) is 3. The number of rotatable bonds is 9. The summed E-state index contributed by atoms with van der Waals surface area (Å²) in [6.07, 6.45) is 5.85. The molecule has 0 bridgehead atoms. The van der Waals surface area contributed by atoms with E-state index in [9.17, 15) is 9.90 Å². The Morgan fingerprint density at radius 1 is 1.20 bits per heavy atom. The molecule has 0 saturated heterocycles. The molecule has 1 N–H and O–H groups in total. The van der Waals surface area contributed by atoms with Gasteiger partial charge in [0.05, 0.1) is 50.2 Å². The van der Waals surface area contributed by atoms with Crippen molar-refractivity contribution in [2.24, 2.45) is 0 Å². The summed E-state index contributed by atoms with van der Waals surface area (Å²) >= 11 is 0. The molecule has 0 fully saturated rings. The van der Waals surface area contributed by atoms with Crippen molar-refractivity contribution >= 4 is 16.9 Å². The van der Waals surface area contributed by atoms with E-state index in [0.29, 0.717) is 18.9 Å². The van der Waals surface area contributed by atoms with Crippen molar-refractivity contribution in [2.75, 3.05) is 20.3 Å². The lowest BCUT2D eigenvalue weighted by Gasteiger charge is -2.17. The number of carboxylic acids is 1. The zero-order valence-corrected chi connectivity index (χ0v) is 19.4. The van der Waals surface area contributed by atoms with Gasteiger partial charge < -0.3 is 19.3 Å². The van der Waals surface area contributed by atoms with Gasteiger partial charge in [-0.25, -0.2) is 4.98 Å². The third kappa shape index (κ3) is 5.03. The quantitative estimate of drug-likeness (QED) is 0.390. The molecule has 1 aliphatic rings. The van der Waals surface area contributed by atoms with E-state index in [-0.39, 0.29) is 6.42 Å². The smallest absolute Gasteiger partial charge is 0.305 e. The van der Waals surface area contributed by atoms with E-state index in [2.05, 4.69) is 10.1 Å². The van der Waals surface area contributed by atoms with Crippen LogP contribution >= 0.6 is 0 Å². The monoisotopic (exact) mass is 474 g/mol. The Balaban J connectivity index is 1.30. The first kappa shape index (κ1) is 22.6. The molecular formula is C26H26N4O5. The van der Waals surface area contributed by atoms with Crippen molar-refractivity contribution < 1.29 is 24.1 Å². The largest absolute Gasteiger partial charge is 0.493 e. The molecule has 9 nitrogen and oxygen atoms in total. The molecule has 0 saturated carbocycles. The highest BCUT2D eigenvalue weighted by Gasteiger charge is 2.21. The van der Waals surface area contributed by atoms with Gasteiger partial charge in [0.2, 0.25) is 5.88 Å². The van der Waals surface area contributed by atoms with Gasteiger partial charge in [-0.1, -0.05) is 0 Å². The summed E-state index contributed by atoms with van der Waals surface area (Å²) in [4.78, 5) is 20.5. The molecule has 35 heavy (non-hydrogen) atoms. The van der Waals surface area contributed by atoms with Crippen molar-refractivity contribution in [3.8, 4) is 17.4 Å². The number of carboxylic acid groups (broad SMARTS) is 1. The molecule has 5 rings (SSSR count). The van der Waals surface area contributed by atoms with Crippen molar-refractivity contribution in [3.05, 3.63) is 71.8 Å². The maximum atomic E-state index is 11.6. The summed E-state index contributed by atoms with van der Waals surface area (Å²) < 4.78 is 18.4. The third-order valence-corrected chi connectivity index (χ3v) is 6.02. The number of carbonyl (C=O) groups is 1. The number of pyridine rings is 2. The Labute approximate surface area is 202 Å². The molecule has 1 aromatic carbocycles. The van der Waals surface area contributed by atoms with E-state index in [1.165, 1.54) is 7.11 Å². The number of fused-ring (bicyclic) bond motifs is 2. The molecule has 0 spiro atoms. The molecule has 4 aromatic rings. The van der Waals surface area contributed by atoms with Crippen LogP contribution in [-0.4, -0.2) is 51.1 Å². The minimum Gasteiger partial charge on any atom is -0.493 e. The number of methoxy groups -OCH3 is 1. The molecular weight excluding hydrogens is 448 g/mol. The maximum absolute atomic E-state index is 11.6. The highest BCUT2D eigenvalue weighted by molar-refractivity contribution is 5.81. The van der Waals surface area contributed by atoms with Crippen LogP contribution in [0.5, 0.6) is 17.4 Å². The van der Waals surface area contributed by atoms with Crippen LogP contribution in [0.3, 0.4) is 0 Å². The number of hydrogen-bond donors (Lipinski definition) is 1. The Morgan fingerprint density at radius 2 is 2.11 bits per heavy atom. The van der Waals surface area contributed by atoms with Gasteiger partial charge >= 0.3 is 5.97 Å². The molecule has 1 atom stereocenters. The van der Waals surface area contributed by atoms with E-state index in [4.69, 9.17) is 19.2 Å². The third-order valence-electron chi connectivity index (χ3n) is 6.02. The first-order valence-electron chi connectivity index (χ1n) is 11.5. The van der Waals surface area contributed by atoms with Gasteiger partial charge in [0, 0.05) is 29.8 Å². The standard InChI is InChI=1S/C26H26N4O5/c1-33-25-9-4-17(15-27-25)23(14-26(31)32)30-22-7-6-20(13-18(22)16-28-30)34-12-10-19-5-8-24-21(29-19)3-2-11-35-24/h4-9,13,15-16,23H,2-3,10-12,14H2,1H3,(H,31,32)/t23-/m1/s1. The van der Waals surface area contributed by atoms with E-state index in [1.54, 1.807) is 23.1 Å². The van der Waals surface area contributed by atoms with Gasteiger partial charge in [-0.3, -0.25) is 14.5 Å². The average molecular weight is 475 g/mol. The summed E-state index contributed by atoms with van der Waals surface area (Å²) in [7, 11) is 1.54. The van der Waals surface area contributed by atoms with Crippen molar-refractivity contribution in [2.45, 2.75) is 31.7 Å². The Morgan fingerprint density at radius 3 is 2.91 bits per heavy atom. The minimum atomic E-state index is -0.920. The fourth-order valence-corrected chi connectivity index (χ4v) is 4.27. The molecule has 0 amide bonds. The second-order valence-electron chi connectivity index (χ2n) is 8.36. The summed E-state index contributed by atoms with van der Waals surface area (Å²) in [5.41, 5.74) is 3.55. The van der Waals surface area contributed by atoms with Crippen LogP contribution in [0.25, 0.3) is 10.9 Å². The van der Waals surface area contributed by atoms with Crippen LogP contribution in [0, 0.1) is 0 Å². The molecule has 180 valence electrons. The zero-order valence-electron chi connectivity index (χ0n) is 19.4. The molecule has 9 heteroatoms. The number of hydrogen-bond acceptors (Lipinski definition) is 7. The second-order valence-corrected chi connectivity index (χ2v) is 8.36. The lowest BCUT2D eigenvalue weighted by molar-refractivity contribution is -0.137. The SMILES string of the molecule is COc1ccc([C@@H](CC(=O)O)n2ncc3cc(OCCc4ccc5c(n4)CCCO5)ccc32)cn1. The van der Waals surface area contributed by atoms with Crippen molar-refractivity contribution in [1.82, 2.24) is 19.7 Å². The van der Waals surface area contributed by atoms with Crippen molar-refractivity contribution in [1.29, 1.82) is 0 Å². The van der Waals surface area contributed by atoms with Crippen LogP contribution in [0.4, 0.5) is 0 Å². The second kappa shape index (κ2) is 10.0. The summed E-state index contributed by atoms with van der Waals surface area (Å²) in [5, 5.41) is 14.9. The van der Waals surface area contributed by atoms with Crippen LogP contribution in [-0.2, 0) is 17.6 Å². The predicted molar refractivity (Wildman–Crippen MR) is 128 cm³/mol. The number of aliphatic carboxylic acids is 1. The molecule has 0 unspecified atom stereocenters. The molecule has 4 heterocycles. The highest BCUT2D eigenvalue weighted by Crippen LogP contribution is 2.29. The minimum absolute atomic E-state index is 0.123. The van der Waals surface area contributed by atoms with Gasteiger partial charge in [0.15, 0.2) is 0 Å². The highest BCUT2D eigenvalue weighted by atomic mass is 16.5. The van der Waals surface area contributed by atoms with E-state index >= 15 is 0 Å². The fraction of sp³-hybridized carbons (Fsp3) is 0.308. The normalized spacial score (nSPS) is 13.6. The molecule has 0 radical (unpaired) electrons. The number of benzene rings is 1. The van der Waals surface area contributed by atoms with E-state index < -0.39 is 12.0 Å². The number of nitrogens with zero attached hydrogens (tertiary/aromatic N) is 4. The Kier molecular flexibility index (Phi) is 6.47. The van der Waals surface area contributed by atoms with Gasteiger partial charge in [0.25, 0.3) is 0 Å². The van der Waals surface area contributed by atoms with Crippen LogP contribution in [0.2, 0.25) is 0 Å².